The van der Waals surface area contributed by atoms with Gasteiger partial charge in [-0.15, -0.1) is 13.2 Å². The van der Waals surface area contributed by atoms with Crippen LogP contribution in [0.25, 0.3) is 0 Å². The predicted octanol–water partition coefficient (Wildman–Crippen LogP) is 2.98. The van der Waals surface area contributed by atoms with Gasteiger partial charge in [-0.25, -0.2) is 0 Å². The molecule has 0 bridgehead atoms. The third-order valence-corrected chi connectivity index (χ3v) is 4.18. The topological polar surface area (TPSA) is 9.23 Å². The number of hydrogen-bond donors (Lipinski definition) is 0. The zero-order chi connectivity index (χ0) is 10.7. The van der Waals surface area contributed by atoms with Crippen molar-refractivity contribution in [3.8, 4) is 0 Å². The minimum atomic E-state index is -4.32. The molecule has 0 spiro atoms. The van der Waals surface area contributed by atoms with E-state index in [-0.39, 0.29) is 0 Å². The van der Waals surface area contributed by atoms with Crippen LogP contribution in [-0.2, 0) is 4.43 Å². The second kappa shape index (κ2) is 4.10. The molecule has 0 fully saturated rings. The standard InChI is InChI=1S/C8H13F3OSi/c1-5-13(4,6-2)12-7(3)8(9,10)11/h5-7H,1-2H2,3-4H3. The number of rotatable bonds is 4. The molecule has 5 heteroatoms. The molecule has 0 amide bonds. The predicted molar refractivity (Wildman–Crippen MR) is 48.6 cm³/mol. The van der Waals surface area contributed by atoms with E-state index < -0.39 is 20.6 Å². The SMILES string of the molecule is C=C[Si](C)(C=C)OC(C)C(F)(F)F. The molecule has 0 radical (unpaired) electrons. The van der Waals surface area contributed by atoms with Gasteiger partial charge in [-0.05, 0) is 13.5 Å². The van der Waals surface area contributed by atoms with Crippen molar-refractivity contribution >= 4 is 8.32 Å². The van der Waals surface area contributed by atoms with Gasteiger partial charge in [-0.1, -0.05) is 11.4 Å². The van der Waals surface area contributed by atoms with Gasteiger partial charge in [-0.3, -0.25) is 0 Å². The third kappa shape index (κ3) is 3.78. The van der Waals surface area contributed by atoms with Crippen LogP contribution in [0, 0.1) is 0 Å². The van der Waals surface area contributed by atoms with Gasteiger partial charge >= 0.3 is 6.18 Å². The lowest BCUT2D eigenvalue weighted by atomic mass is 10.4. The van der Waals surface area contributed by atoms with Crippen LogP contribution in [-0.4, -0.2) is 20.6 Å². The Morgan fingerprint density at radius 3 is 1.92 bits per heavy atom. The molecule has 0 aliphatic rings. The van der Waals surface area contributed by atoms with Crippen LogP contribution in [0.4, 0.5) is 13.2 Å². The highest BCUT2D eigenvalue weighted by atomic mass is 28.4. The Balaban J connectivity index is 4.42. The van der Waals surface area contributed by atoms with Crippen LogP contribution in [0.15, 0.2) is 24.6 Å². The molecule has 1 unspecified atom stereocenters. The van der Waals surface area contributed by atoms with Crippen molar-refractivity contribution in [3.05, 3.63) is 24.6 Å². The third-order valence-electron chi connectivity index (χ3n) is 1.70. The summed E-state index contributed by atoms with van der Waals surface area (Å²) < 4.78 is 41.1. The highest BCUT2D eigenvalue weighted by Gasteiger charge is 2.40. The molecule has 0 N–H and O–H groups in total. The van der Waals surface area contributed by atoms with E-state index in [2.05, 4.69) is 13.2 Å². The van der Waals surface area contributed by atoms with Crippen molar-refractivity contribution in [1.29, 1.82) is 0 Å². The molecule has 0 heterocycles. The lowest BCUT2D eigenvalue weighted by Gasteiger charge is -2.26. The van der Waals surface area contributed by atoms with Gasteiger partial charge in [0, 0.05) is 0 Å². The molecule has 1 atom stereocenters. The fourth-order valence-corrected chi connectivity index (χ4v) is 1.88. The van der Waals surface area contributed by atoms with Gasteiger partial charge in [0.25, 0.3) is 0 Å². The van der Waals surface area contributed by atoms with E-state index in [4.69, 9.17) is 4.43 Å². The van der Waals surface area contributed by atoms with Crippen LogP contribution in [0.2, 0.25) is 6.55 Å². The Labute approximate surface area is 77.0 Å². The first-order valence-corrected chi connectivity index (χ1v) is 6.33. The van der Waals surface area contributed by atoms with Crippen LogP contribution in [0.5, 0.6) is 0 Å². The summed E-state index contributed by atoms with van der Waals surface area (Å²) in [6.45, 7) is 9.46. The van der Waals surface area contributed by atoms with Crippen molar-refractivity contribution < 1.29 is 17.6 Å². The number of hydrogen-bond acceptors (Lipinski definition) is 1. The summed E-state index contributed by atoms with van der Waals surface area (Å²) in [5.74, 6) is 0. The van der Waals surface area contributed by atoms with Crippen molar-refractivity contribution in [2.75, 3.05) is 0 Å². The smallest absolute Gasteiger partial charge is 0.398 e. The molecule has 0 aliphatic carbocycles. The van der Waals surface area contributed by atoms with Crippen LogP contribution < -0.4 is 0 Å². The van der Waals surface area contributed by atoms with Crippen molar-refractivity contribution in [2.24, 2.45) is 0 Å². The van der Waals surface area contributed by atoms with E-state index in [1.54, 1.807) is 6.55 Å². The summed E-state index contributed by atoms with van der Waals surface area (Å²) in [5.41, 5.74) is 2.84. The quantitative estimate of drug-likeness (QED) is 0.648. The van der Waals surface area contributed by atoms with Crippen molar-refractivity contribution in [3.63, 3.8) is 0 Å². The molecular weight excluding hydrogens is 197 g/mol. The monoisotopic (exact) mass is 210 g/mol. The molecule has 0 aromatic heterocycles. The van der Waals surface area contributed by atoms with E-state index in [0.29, 0.717) is 0 Å². The van der Waals surface area contributed by atoms with Crippen LogP contribution in [0.1, 0.15) is 6.92 Å². The van der Waals surface area contributed by atoms with Gasteiger partial charge in [0.05, 0.1) is 0 Å². The van der Waals surface area contributed by atoms with Crippen LogP contribution >= 0.6 is 0 Å². The highest BCUT2D eigenvalue weighted by molar-refractivity contribution is 6.82. The Morgan fingerprint density at radius 2 is 1.69 bits per heavy atom. The molecular formula is C8H13F3OSi. The summed E-state index contributed by atoms with van der Waals surface area (Å²) in [4.78, 5) is 0. The average Bonchev–Trinajstić information content (AvgIpc) is 2.02. The normalized spacial score (nSPS) is 15.2. The van der Waals surface area contributed by atoms with Gasteiger partial charge in [0.15, 0.2) is 0 Å². The van der Waals surface area contributed by atoms with Gasteiger partial charge < -0.3 is 4.43 Å². The number of alkyl halides is 3. The lowest BCUT2D eigenvalue weighted by molar-refractivity contribution is -0.191. The summed E-state index contributed by atoms with van der Waals surface area (Å²) in [6, 6.07) is 0. The van der Waals surface area contributed by atoms with Crippen LogP contribution in [0.3, 0.4) is 0 Å². The summed E-state index contributed by atoms with van der Waals surface area (Å²) in [6.07, 6.45) is -6.08. The fraction of sp³-hybridized carbons (Fsp3) is 0.500. The largest absolute Gasteiger partial charge is 0.413 e. The number of halogens is 3. The average molecular weight is 210 g/mol. The molecule has 0 aromatic rings. The summed E-state index contributed by atoms with van der Waals surface area (Å²) >= 11 is 0. The molecule has 0 saturated carbocycles. The second-order valence-corrected chi connectivity index (χ2v) is 6.31. The Bertz CT molecular complexity index is 192. The summed E-state index contributed by atoms with van der Waals surface area (Å²) in [7, 11) is -2.56. The van der Waals surface area contributed by atoms with Crippen molar-refractivity contribution in [1.82, 2.24) is 0 Å². The first kappa shape index (κ1) is 12.4. The van der Waals surface area contributed by atoms with Gasteiger partial charge in [0.2, 0.25) is 8.32 Å². The lowest BCUT2D eigenvalue weighted by Crippen LogP contribution is -2.40. The van der Waals surface area contributed by atoms with Crippen molar-refractivity contribution in [2.45, 2.75) is 25.8 Å². The van der Waals surface area contributed by atoms with E-state index in [1.807, 2.05) is 0 Å². The maximum Gasteiger partial charge on any atom is 0.413 e. The van der Waals surface area contributed by atoms with E-state index in [9.17, 15) is 13.2 Å². The molecule has 1 nitrogen and oxygen atoms in total. The molecule has 0 saturated heterocycles. The molecule has 0 aromatic carbocycles. The molecule has 76 valence electrons. The zero-order valence-corrected chi connectivity index (χ0v) is 8.69. The molecule has 13 heavy (non-hydrogen) atoms. The Kier molecular flexibility index (Phi) is 3.93. The molecule has 0 aliphatic heterocycles. The Hall–Kier alpha value is -0.553. The maximum atomic E-state index is 12.1. The first-order chi connectivity index (χ1) is 5.75. The van der Waals surface area contributed by atoms with E-state index in [0.717, 1.165) is 6.92 Å². The second-order valence-electron chi connectivity index (χ2n) is 2.89. The molecule has 0 rings (SSSR count). The van der Waals surface area contributed by atoms with Gasteiger partial charge in [-0.2, -0.15) is 13.2 Å². The van der Waals surface area contributed by atoms with Gasteiger partial charge in [0.1, 0.15) is 6.10 Å². The van der Waals surface area contributed by atoms with E-state index >= 15 is 0 Å². The minimum Gasteiger partial charge on any atom is -0.398 e. The maximum absolute atomic E-state index is 12.1. The Morgan fingerprint density at radius 1 is 1.31 bits per heavy atom. The first-order valence-electron chi connectivity index (χ1n) is 3.77. The fourth-order valence-electron chi connectivity index (χ4n) is 0.627. The minimum absolute atomic E-state index is 0.984. The van der Waals surface area contributed by atoms with E-state index in [1.165, 1.54) is 11.4 Å². The summed E-state index contributed by atoms with van der Waals surface area (Å²) in [5, 5.41) is 0. The zero-order valence-electron chi connectivity index (χ0n) is 7.69. The highest BCUT2D eigenvalue weighted by Crippen LogP contribution is 2.25.